The van der Waals surface area contributed by atoms with Gasteiger partial charge in [-0.15, -0.1) is 5.10 Å². The van der Waals surface area contributed by atoms with Crippen LogP contribution in [-0.4, -0.2) is 14.7 Å². The number of benzene rings is 1. The summed E-state index contributed by atoms with van der Waals surface area (Å²) in [5, 5.41) is 13.9. The van der Waals surface area contributed by atoms with E-state index in [0.29, 0.717) is 5.75 Å². The van der Waals surface area contributed by atoms with E-state index in [1.807, 2.05) is 11.4 Å². The largest absolute Gasteiger partial charge is 0.508 e. The van der Waals surface area contributed by atoms with Gasteiger partial charge in [0, 0.05) is 5.38 Å². The zero-order valence-corrected chi connectivity index (χ0v) is 7.11. The van der Waals surface area contributed by atoms with Gasteiger partial charge in [0.2, 0.25) is 0 Å². The Balaban J connectivity index is 0.000000127. The maximum absolute atomic E-state index is 8.63. The average molecular weight is 180 g/mol. The second-order valence-corrected chi connectivity index (χ2v) is 2.57. The van der Waals surface area contributed by atoms with Gasteiger partial charge in [0.15, 0.2) is 0 Å². The first-order valence-electron chi connectivity index (χ1n) is 3.34. The summed E-state index contributed by atoms with van der Waals surface area (Å²) < 4.78 is 3.51. The molecule has 1 heterocycles. The summed E-state index contributed by atoms with van der Waals surface area (Å²) in [7, 11) is 0. The third-order valence-electron chi connectivity index (χ3n) is 1.04. The van der Waals surface area contributed by atoms with Crippen LogP contribution in [0.4, 0.5) is 0 Å². The topological polar surface area (TPSA) is 46.0 Å². The molecule has 0 radical (unpaired) electrons. The molecule has 1 aromatic carbocycles. The van der Waals surface area contributed by atoms with Crippen LogP contribution in [0.2, 0.25) is 0 Å². The molecule has 62 valence electrons. The van der Waals surface area contributed by atoms with Crippen LogP contribution in [0.5, 0.6) is 5.75 Å². The fourth-order valence-electron chi connectivity index (χ4n) is 0.564. The highest BCUT2D eigenvalue weighted by Gasteiger charge is 1.74. The number of phenols is 1. The first-order valence-corrected chi connectivity index (χ1v) is 4.18. The first-order chi connectivity index (χ1) is 5.89. The van der Waals surface area contributed by atoms with E-state index in [1.165, 1.54) is 11.5 Å². The number of nitrogens with zero attached hydrogens (tertiary/aromatic N) is 2. The van der Waals surface area contributed by atoms with Crippen molar-refractivity contribution in [2.75, 3.05) is 0 Å². The number of aromatic nitrogens is 2. The van der Waals surface area contributed by atoms with Crippen molar-refractivity contribution in [2.45, 2.75) is 0 Å². The number of para-hydroxylation sites is 1. The first kappa shape index (κ1) is 8.67. The lowest BCUT2D eigenvalue weighted by Gasteiger charge is -1.82. The van der Waals surface area contributed by atoms with Crippen molar-refractivity contribution in [2.24, 2.45) is 0 Å². The Morgan fingerprint density at radius 1 is 1.17 bits per heavy atom. The van der Waals surface area contributed by atoms with E-state index in [9.17, 15) is 0 Å². The molecule has 2 aromatic rings. The summed E-state index contributed by atoms with van der Waals surface area (Å²) in [5.74, 6) is 0.322. The molecule has 0 saturated heterocycles. The quantitative estimate of drug-likeness (QED) is 0.673. The van der Waals surface area contributed by atoms with Crippen LogP contribution in [0.3, 0.4) is 0 Å². The van der Waals surface area contributed by atoms with Crippen LogP contribution >= 0.6 is 11.5 Å². The van der Waals surface area contributed by atoms with Gasteiger partial charge in [0.1, 0.15) is 5.75 Å². The summed E-state index contributed by atoms with van der Waals surface area (Å²) in [6, 6.07) is 8.71. The SMILES string of the molecule is Oc1ccccc1.c1csnn1. The molecule has 0 aliphatic heterocycles. The van der Waals surface area contributed by atoms with Crippen LogP contribution in [0.15, 0.2) is 41.9 Å². The third kappa shape index (κ3) is 3.68. The minimum atomic E-state index is 0.322. The maximum Gasteiger partial charge on any atom is 0.115 e. The van der Waals surface area contributed by atoms with Crippen LogP contribution in [0, 0.1) is 0 Å². The second-order valence-electron chi connectivity index (χ2n) is 1.92. The standard InChI is InChI=1S/C6H6O.C2H2N2S/c7-6-4-2-1-3-5-6;1-2-5-4-3-1/h1-5,7H;1-2H. The van der Waals surface area contributed by atoms with Crippen LogP contribution < -0.4 is 0 Å². The van der Waals surface area contributed by atoms with Gasteiger partial charge in [-0.05, 0) is 23.7 Å². The Kier molecular flexibility index (Phi) is 3.80. The van der Waals surface area contributed by atoms with E-state index in [4.69, 9.17) is 5.11 Å². The Bertz CT molecular complexity index is 266. The van der Waals surface area contributed by atoms with Crippen molar-refractivity contribution in [3.63, 3.8) is 0 Å². The number of aromatic hydroxyl groups is 1. The van der Waals surface area contributed by atoms with Crippen molar-refractivity contribution in [3.05, 3.63) is 41.9 Å². The number of hydrogen-bond donors (Lipinski definition) is 1. The van der Waals surface area contributed by atoms with Gasteiger partial charge in [-0.25, -0.2) is 0 Å². The van der Waals surface area contributed by atoms with Gasteiger partial charge in [-0.1, -0.05) is 22.7 Å². The molecule has 0 bridgehead atoms. The normalized spacial score (nSPS) is 8.33. The Labute approximate surface area is 74.5 Å². The molecule has 12 heavy (non-hydrogen) atoms. The van der Waals surface area contributed by atoms with E-state index in [-0.39, 0.29) is 0 Å². The summed E-state index contributed by atoms with van der Waals surface area (Å²) in [6.07, 6.45) is 1.66. The molecule has 0 aliphatic rings. The molecule has 0 spiro atoms. The van der Waals surface area contributed by atoms with Crippen LogP contribution in [0.1, 0.15) is 0 Å². The van der Waals surface area contributed by atoms with Crippen molar-refractivity contribution in [3.8, 4) is 5.75 Å². The maximum atomic E-state index is 8.63. The highest BCUT2D eigenvalue weighted by atomic mass is 32.1. The Morgan fingerprint density at radius 3 is 2.17 bits per heavy atom. The fraction of sp³-hybridized carbons (Fsp3) is 0. The zero-order chi connectivity index (χ0) is 8.65. The average Bonchev–Trinajstić information content (AvgIpc) is 2.62. The predicted octanol–water partition coefficient (Wildman–Crippen LogP) is 1.93. The van der Waals surface area contributed by atoms with E-state index in [2.05, 4.69) is 9.59 Å². The van der Waals surface area contributed by atoms with Crippen LogP contribution in [-0.2, 0) is 0 Å². The lowest BCUT2D eigenvalue weighted by Crippen LogP contribution is -1.56. The summed E-state index contributed by atoms with van der Waals surface area (Å²) in [5.41, 5.74) is 0. The molecule has 0 saturated carbocycles. The molecular weight excluding hydrogens is 172 g/mol. The fourth-order valence-corrected chi connectivity index (χ4v) is 0.836. The Morgan fingerprint density at radius 2 is 1.92 bits per heavy atom. The summed E-state index contributed by atoms with van der Waals surface area (Å²) in [6.45, 7) is 0. The molecule has 0 amide bonds. The molecule has 0 atom stereocenters. The highest BCUT2D eigenvalue weighted by Crippen LogP contribution is 2.02. The predicted molar refractivity (Wildman–Crippen MR) is 48.0 cm³/mol. The minimum absolute atomic E-state index is 0.322. The van der Waals surface area contributed by atoms with Crippen LogP contribution in [0.25, 0.3) is 0 Å². The molecule has 1 N–H and O–H groups in total. The molecule has 0 fully saturated rings. The zero-order valence-electron chi connectivity index (χ0n) is 6.29. The van der Waals surface area contributed by atoms with Gasteiger partial charge in [0.25, 0.3) is 0 Å². The van der Waals surface area contributed by atoms with Gasteiger partial charge >= 0.3 is 0 Å². The monoisotopic (exact) mass is 180 g/mol. The smallest absolute Gasteiger partial charge is 0.115 e. The molecule has 0 unspecified atom stereocenters. The van der Waals surface area contributed by atoms with Gasteiger partial charge in [-0.2, -0.15) is 0 Å². The van der Waals surface area contributed by atoms with Gasteiger partial charge < -0.3 is 5.11 Å². The highest BCUT2D eigenvalue weighted by molar-refractivity contribution is 7.03. The van der Waals surface area contributed by atoms with E-state index < -0.39 is 0 Å². The number of hydrogen-bond acceptors (Lipinski definition) is 4. The summed E-state index contributed by atoms with van der Waals surface area (Å²) >= 11 is 1.35. The number of phenolic OH excluding ortho intramolecular Hbond substituents is 1. The molecule has 4 heteroatoms. The van der Waals surface area contributed by atoms with Crippen molar-refractivity contribution >= 4 is 11.5 Å². The number of rotatable bonds is 0. The molecule has 3 nitrogen and oxygen atoms in total. The summed E-state index contributed by atoms with van der Waals surface area (Å²) in [4.78, 5) is 0. The Hall–Kier alpha value is -1.42. The third-order valence-corrected chi connectivity index (χ3v) is 1.47. The molecular formula is C8H8N2OS. The lowest BCUT2D eigenvalue weighted by molar-refractivity contribution is 0.475. The van der Waals surface area contributed by atoms with Crippen molar-refractivity contribution in [1.29, 1.82) is 0 Å². The van der Waals surface area contributed by atoms with E-state index in [0.717, 1.165) is 0 Å². The molecule has 2 rings (SSSR count). The molecule has 0 aliphatic carbocycles. The van der Waals surface area contributed by atoms with Gasteiger partial charge in [0.05, 0.1) is 6.20 Å². The van der Waals surface area contributed by atoms with Crippen molar-refractivity contribution < 1.29 is 5.11 Å². The van der Waals surface area contributed by atoms with Gasteiger partial charge in [-0.3, -0.25) is 0 Å². The second kappa shape index (κ2) is 5.26. The van der Waals surface area contributed by atoms with Crippen molar-refractivity contribution in [1.82, 2.24) is 9.59 Å². The minimum Gasteiger partial charge on any atom is -0.508 e. The van der Waals surface area contributed by atoms with E-state index >= 15 is 0 Å². The van der Waals surface area contributed by atoms with E-state index in [1.54, 1.807) is 30.5 Å². The molecule has 1 aromatic heterocycles. The lowest BCUT2D eigenvalue weighted by atomic mass is 10.3.